The number of benzene rings is 1. The Morgan fingerprint density at radius 2 is 1.92 bits per heavy atom. The van der Waals surface area contributed by atoms with Crippen molar-refractivity contribution in [1.82, 2.24) is 16.0 Å². The van der Waals surface area contributed by atoms with Gasteiger partial charge in [-0.3, -0.25) is 15.4 Å². The predicted molar refractivity (Wildman–Crippen MR) is 82.1 cm³/mol. The SMILES string of the molecule is CNC(=O)NC(=O)C(C)NC(c1cccc(C(F)(F)F)c1)C1CC1. The highest BCUT2D eigenvalue weighted by Gasteiger charge is 2.36. The van der Waals surface area contributed by atoms with E-state index in [2.05, 4.69) is 16.0 Å². The molecule has 0 bridgehead atoms. The van der Waals surface area contributed by atoms with Gasteiger partial charge in [-0.15, -0.1) is 0 Å². The van der Waals surface area contributed by atoms with Gasteiger partial charge in [-0.1, -0.05) is 12.1 Å². The molecule has 0 heterocycles. The molecule has 3 amide bonds. The predicted octanol–water partition coefficient (Wildman–Crippen LogP) is 2.59. The minimum atomic E-state index is -4.41. The lowest BCUT2D eigenvalue weighted by Crippen LogP contribution is -2.48. The van der Waals surface area contributed by atoms with E-state index in [1.165, 1.54) is 13.1 Å². The first kappa shape index (κ1) is 18.3. The zero-order valence-electron chi connectivity index (χ0n) is 13.4. The van der Waals surface area contributed by atoms with Gasteiger partial charge in [0.2, 0.25) is 5.91 Å². The minimum Gasteiger partial charge on any atom is -0.341 e. The van der Waals surface area contributed by atoms with E-state index in [9.17, 15) is 22.8 Å². The summed E-state index contributed by atoms with van der Waals surface area (Å²) >= 11 is 0. The molecule has 1 aromatic rings. The zero-order chi connectivity index (χ0) is 17.9. The summed E-state index contributed by atoms with van der Waals surface area (Å²) in [5.41, 5.74) is -0.221. The Balaban J connectivity index is 2.13. The highest BCUT2D eigenvalue weighted by Crippen LogP contribution is 2.42. The maximum Gasteiger partial charge on any atom is 0.416 e. The first-order valence-electron chi connectivity index (χ1n) is 7.68. The lowest BCUT2D eigenvalue weighted by molar-refractivity contribution is -0.137. The molecule has 0 aromatic heterocycles. The minimum absolute atomic E-state index is 0.184. The number of amides is 3. The van der Waals surface area contributed by atoms with Crippen LogP contribution in [0.25, 0.3) is 0 Å². The fourth-order valence-corrected chi connectivity index (χ4v) is 2.47. The van der Waals surface area contributed by atoms with Gasteiger partial charge in [0.25, 0.3) is 0 Å². The highest BCUT2D eigenvalue weighted by molar-refractivity contribution is 5.96. The summed E-state index contributed by atoms with van der Waals surface area (Å²) in [7, 11) is 1.39. The van der Waals surface area contributed by atoms with Crippen LogP contribution in [-0.2, 0) is 11.0 Å². The molecule has 24 heavy (non-hydrogen) atoms. The van der Waals surface area contributed by atoms with Gasteiger partial charge in [0.05, 0.1) is 11.6 Å². The van der Waals surface area contributed by atoms with Crippen molar-refractivity contribution in [2.45, 2.75) is 38.0 Å². The van der Waals surface area contributed by atoms with Gasteiger partial charge in [0.15, 0.2) is 0 Å². The van der Waals surface area contributed by atoms with Crippen LogP contribution in [0.15, 0.2) is 24.3 Å². The molecule has 2 unspecified atom stereocenters. The molecule has 1 saturated carbocycles. The summed E-state index contributed by atoms with van der Waals surface area (Å²) in [6.45, 7) is 1.57. The zero-order valence-corrected chi connectivity index (χ0v) is 13.4. The fraction of sp³-hybridized carbons (Fsp3) is 0.500. The van der Waals surface area contributed by atoms with E-state index in [1.54, 1.807) is 13.0 Å². The molecule has 1 aromatic carbocycles. The second kappa shape index (κ2) is 7.21. The van der Waals surface area contributed by atoms with E-state index in [0.29, 0.717) is 5.56 Å². The van der Waals surface area contributed by atoms with Crippen LogP contribution in [0.1, 0.15) is 36.9 Å². The monoisotopic (exact) mass is 343 g/mol. The largest absolute Gasteiger partial charge is 0.416 e. The summed E-state index contributed by atoms with van der Waals surface area (Å²) in [5, 5.41) is 7.46. The Morgan fingerprint density at radius 3 is 2.46 bits per heavy atom. The van der Waals surface area contributed by atoms with Gasteiger partial charge in [-0.05, 0) is 43.4 Å². The maximum atomic E-state index is 12.9. The smallest absolute Gasteiger partial charge is 0.341 e. The molecular formula is C16H20F3N3O2. The Kier molecular flexibility index (Phi) is 5.48. The van der Waals surface area contributed by atoms with Crippen LogP contribution in [0.5, 0.6) is 0 Å². The van der Waals surface area contributed by atoms with Crippen molar-refractivity contribution in [1.29, 1.82) is 0 Å². The van der Waals surface area contributed by atoms with Crippen LogP contribution < -0.4 is 16.0 Å². The molecule has 0 spiro atoms. The van der Waals surface area contributed by atoms with Crippen LogP contribution in [0.3, 0.4) is 0 Å². The second-order valence-corrected chi connectivity index (χ2v) is 5.90. The summed E-state index contributed by atoms with van der Waals surface area (Å²) in [5.74, 6) is -0.351. The third-order valence-corrected chi connectivity index (χ3v) is 3.95. The average Bonchev–Trinajstić information content (AvgIpc) is 3.36. The summed E-state index contributed by atoms with van der Waals surface area (Å²) in [4.78, 5) is 23.1. The van der Waals surface area contributed by atoms with Gasteiger partial charge in [0.1, 0.15) is 0 Å². The number of alkyl halides is 3. The molecule has 8 heteroatoms. The first-order chi connectivity index (χ1) is 11.2. The Hall–Kier alpha value is -2.09. The number of rotatable bonds is 5. The molecule has 0 radical (unpaired) electrons. The van der Waals surface area contributed by atoms with E-state index in [0.717, 1.165) is 25.0 Å². The van der Waals surface area contributed by atoms with E-state index in [-0.39, 0.29) is 12.0 Å². The van der Waals surface area contributed by atoms with Gasteiger partial charge >= 0.3 is 12.2 Å². The summed E-state index contributed by atoms with van der Waals surface area (Å²) in [6, 6.07) is 3.41. The second-order valence-electron chi connectivity index (χ2n) is 5.90. The number of nitrogens with one attached hydrogen (secondary N) is 3. The standard InChI is InChI=1S/C16H20F3N3O2/c1-9(14(23)22-15(24)20-2)21-13(10-6-7-10)11-4-3-5-12(8-11)16(17,18)19/h3-5,8-10,13,21H,6-7H2,1-2H3,(H2,20,22,23,24). The molecule has 1 aliphatic carbocycles. The number of urea groups is 1. The number of halogens is 3. The topological polar surface area (TPSA) is 70.2 Å². The van der Waals surface area contributed by atoms with Crippen molar-refractivity contribution in [3.8, 4) is 0 Å². The van der Waals surface area contributed by atoms with Gasteiger partial charge in [-0.25, -0.2) is 4.79 Å². The summed E-state index contributed by atoms with van der Waals surface area (Å²) in [6.07, 6.45) is -2.64. The van der Waals surface area contributed by atoms with E-state index >= 15 is 0 Å². The Bertz CT molecular complexity index is 615. The lowest BCUT2D eigenvalue weighted by atomic mass is 9.99. The van der Waals surface area contributed by atoms with Gasteiger partial charge in [-0.2, -0.15) is 13.2 Å². The van der Waals surface area contributed by atoms with E-state index < -0.39 is 29.7 Å². The molecule has 3 N–H and O–H groups in total. The molecule has 132 valence electrons. The normalized spacial score (nSPS) is 17.0. The molecule has 2 rings (SSSR count). The highest BCUT2D eigenvalue weighted by atomic mass is 19.4. The maximum absolute atomic E-state index is 12.9. The van der Waals surface area contributed by atoms with Crippen molar-refractivity contribution in [2.24, 2.45) is 5.92 Å². The lowest BCUT2D eigenvalue weighted by Gasteiger charge is -2.24. The molecule has 1 aliphatic rings. The molecule has 0 saturated heterocycles. The Morgan fingerprint density at radius 1 is 1.25 bits per heavy atom. The van der Waals surface area contributed by atoms with Crippen molar-refractivity contribution >= 4 is 11.9 Å². The number of carbonyl (C=O) groups excluding carboxylic acids is 2. The first-order valence-corrected chi connectivity index (χ1v) is 7.68. The van der Waals surface area contributed by atoms with Crippen LogP contribution >= 0.6 is 0 Å². The Labute approximate surface area is 138 Å². The van der Waals surface area contributed by atoms with Crippen molar-refractivity contribution in [3.05, 3.63) is 35.4 Å². The van der Waals surface area contributed by atoms with Gasteiger partial charge in [0, 0.05) is 13.1 Å². The number of hydrogen-bond acceptors (Lipinski definition) is 3. The summed E-state index contributed by atoms with van der Waals surface area (Å²) < 4.78 is 38.7. The molecule has 1 fully saturated rings. The average molecular weight is 343 g/mol. The number of imide groups is 1. The van der Waals surface area contributed by atoms with Crippen molar-refractivity contribution in [2.75, 3.05) is 7.05 Å². The number of hydrogen-bond donors (Lipinski definition) is 3. The van der Waals surface area contributed by atoms with E-state index in [4.69, 9.17) is 0 Å². The molecule has 0 aliphatic heterocycles. The van der Waals surface area contributed by atoms with Crippen LogP contribution in [-0.4, -0.2) is 25.0 Å². The van der Waals surface area contributed by atoms with E-state index in [1.807, 2.05) is 0 Å². The van der Waals surface area contributed by atoms with Crippen LogP contribution in [0.4, 0.5) is 18.0 Å². The number of carbonyl (C=O) groups is 2. The van der Waals surface area contributed by atoms with Crippen molar-refractivity contribution in [3.63, 3.8) is 0 Å². The molecule has 2 atom stereocenters. The van der Waals surface area contributed by atoms with Crippen molar-refractivity contribution < 1.29 is 22.8 Å². The van der Waals surface area contributed by atoms with Crippen LogP contribution in [0.2, 0.25) is 0 Å². The molecular weight excluding hydrogens is 323 g/mol. The van der Waals surface area contributed by atoms with Gasteiger partial charge < -0.3 is 5.32 Å². The third kappa shape index (κ3) is 4.70. The fourth-order valence-electron chi connectivity index (χ4n) is 2.47. The third-order valence-electron chi connectivity index (χ3n) is 3.95. The van der Waals surface area contributed by atoms with Crippen LogP contribution in [0, 0.1) is 5.92 Å². The quantitative estimate of drug-likeness (QED) is 0.770. The molecule has 5 nitrogen and oxygen atoms in total.